The van der Waals surface area contributed by atoms with E-state index in [-0.39, 0.29) is 11.4 Å². The Bertz CT molecular complexity index is 282. The zero-order valence-electron chi connectivity index (χ0n) is 4.85. The second-order valence-electron chi connectivity index (χ2n) is 1.54. The zero-order chi connectivity index (χ0) is 7.56. The van der Waals surface area contributed by atoms with Crippen LogP contribution in [0.25, 0.3) is 5.53 Å². The van der Waals surface area contributed by atoms with E-state index in [2.05, 4.69) is 15.0 Å². The molecule has 0 spiro atoms. The van der Waals surface area contributed by atoms with Crippen LogP contribution in [0, 0.1) is 0 Å². The molecule has 1 aliphatic heterocycles. The van der Waals surface area contributed by atoms with Gasteiger partial charge in [-0.2, -0.15) is 4.79 Å². The molecule has 0 saturated heterocycles. The number of hydrogen-bond acceptors (Lipinski definition) is 3. The lowest BCUT2D eigenvalue weighted by Crippen LogP contribution is -2.29. The fraction of sp³-hybridized carbons (Fsp3) is 0. The van der Waals surface area contributed by atoms with E-state index in [4.69, 9.17) is 11.3 Å². The van der Waals surface area contributed by atoms with Crippen LogP contribution in [0.4, 0.5) is 0 Å². The molecule has 0 aromatic rings. The van der Waals surface area contributed by atoms with Crippen molar-refractivity contribution in [1.29, 1.82) is 0 Å². The smallest absolute Gasteiger partial charge is 0.364 e. The van der Waals surface area contributed by atoms with Crippen LogP contribution in [0.5, 0.6) is 0 Å². The largest absolute Gasteiger partial charge is 0.368 e. The SMILES string of the molecule is [N-]=[N+]=C1C=NN=C1C(N)=O. The van der Waals surface area contributed by atoms with E-state index in [0.717, 1.165) is 6.21 Å². The molecule has 0 radical (unpaired) electrons. The molecule has 1 rings (SSSR count). The minimum absolute atomic E-state index is 0.00694. The molecular weight excluding hydrogens is 134 g/mol. The van der Waals surface area contributed by atoms with Gasteiger partial charge in [-0.15, -0.1) is 10.2 Å². The number of carbonyl (C=O) groups excluding carboxylic acids is 1. The van der Waals surface area contributed by atoms with Gasteiger partial charge in [0.05, 0.1) is 0 Å². The molecule has 0 fully saturated rings. The van der Waals surface area contributed by atoms with Gasteiger partial charge in [0.2, 0.25) is 5.71 Å². The first-order valence-corrected chi connectivity index (χ1v) is 2.39. The van der Waals surface area contributed by atoms with Crippen LogP contribution in [0.1, 0.15) is 0 Å². The monoisotopic (exact) mass is 137 g/mol. The summed E-state index contributed by atoms with van der Waals surface area (Å²) in [6.07, 6.45) is 1.14. The van der Waals surface area contributed by atoms with Crippen molar-refractivity contribution in [3.05, 3.63) is 5.53 Å². The average molecular weight is 137 g/mol. The van der Waals surface area contributed by atoms with Crippen LogP contribution in [0.2, 0.25) is 0 Å². The number of carbonyl (C=O) groups is 1. The number of amides is 1. The van der Waals surface area contributed by atoms with Crippen LogP contribution in [0.3, 0.4) is 0 Å². The first kappa shape index (κ1) is 6.31. The summed E-state index contributed by atoms with van der Waals surface area (Å²) in [5.41, 5.74) is 12.9. The lowest BCUT2D eigenvalue weighted by molar-refractivity contribution is -0.111. The summed E-state index contributed by atoms with van der Waals surface area (Å²) in [5.74, 6) is -0.759. The van der Waals surface area contributed by atoms with Crippen molar-refractivity contribution in [2.75, 3.05) is 0 Å². The van der Waals surface area contributed by atoms with E-state index in [1.54, 1.807) is 0 Å². The van der Waals surface area contributed by atoms with E-state index in [1.807, 2.05) is 0 Å². The van der Waals surface area contributed by atoms with Gasteiger partial charge in [0.15, 0.2) is 0 Å². The van der Waals surface area contributed by atoms with Crippen molar-refractivity contribution in [3.63, 3.8) is 0 Å². The van der Waals surface area contributed by atoms with Gasteiger partial charge in [0.1, 0.15) is 6.21 Å². The second kappa shape index (κ2) is 2.20. The molecule has 6 heteroatoms. The predicted octanol–water partition coefficient (Wildman–Crippen LogP) is -1.42. The van der Waals surface area contributed by atoms with Crippen LogP contribution < -0.4 is 5.73 Å². The predicted molar refractivity (Wildman–Crippen MR) is 33.7 cm³/mol. The van der Waals surface area contributed by atoms with Crippen LogP contribution in [0.15, 0.2) is 10.2 Å². The molecule has 0 bridgehead atoms. The van der Waals surface area contributed by atoms with Crippen molar-refractivity contribution in [3.8, 4) is 0 Å². The number of hydrogen-bond donors (Lipinski definition) is 1. The molecule has 0 aromatic heterocycles. The molecule has 0 aromatic carbocycles. The lowest BCUT2D eigenvalue weighted by Gasteiger charge is -1.81. The molecule has 1 aliphatic rings. The lowest BCUT2D eigenvalue weighted by atomic mass is 10.2. The number of nitrogens with zero attached hydrogens (tertiary/aromatic N) is 4. The standard InChI is InChI=1S/C4H3N5O/c5-4(10)3-2(8-6)1-7-9-3/h1H,(H2,5,10). The molecular formula is C4H3N5O. The molecule has 0 saturated carbocycles. The van der Waals surface area contributed by atoms with Gasteiger partial charge in [-0.3, -0.25) is 4.79 Å². The Balaban J connectivity index is 3.04. The first-order valence-electron chi connectivity index (χ1n) is 2.39. The highest BCUT2D eigenvalue weighted by Crippen LogP contribution is 1.88. The Morgan fingerprint density at radius 2 is 2.50 bits per heavy atom. The van der Waals surface area contributed by atoms with Crippen molar-refractivity contribution >= 4 is 23.5 Å². The van der Waals surface area contributed by atoms with Crippen LogP contribution in [-0.2, 0) is 4.79 Å². The van der Waals surface area contributed by atoms with Crippen LogP contribution in [-0.4, -0.2) is 28.3 Å². The Morgan fingerprint density at radius 1 is 1.80 bits per heavy atom. The summed E-state index contributed by atoms with van der Waals surface area (Å²) in [4.78, 5) is 13.1. The van der Waals surface area contributed by atoms with Gasteiger partial charge in [0, 0.05) is 0 Å². The fourth-order valence-electron chi connectivity index (χ4n) is 0.502. The highest BCUT2D eigenvalue weighted by atomic mass is 16.1. The van der Waals surface area contributed by atoms with Gasteiger partial charge in [-0.05, 0) is 0 Å². The number of rotatable bonds is 1. The van der Waals surface area contributed by atoms with E-state index < -0.39 is 5.91 Å². The normalized spacial score (nSPS) is 14.8. The molecule has 1 heterocycles. The maximum atomic E-state index is 10.4. The van der Waals surface area contributed by atoms with Gasteiger partial charge in [-0.1, -0.05) is 0 Å². The Hall–Kier alpha value is -1.81. The molecule has 1 amide bonds. The second-order valence-corrected chi connectivity index (χ2v) is 1.54. The summed E-state index contributed by atoms with van der Waals surface area (Å²) in [5, 5.41) is 6.62. The Kier molecular flexibility index (Phi) is 1.39. The molecule has 2 N–H and O–H groups in total. The zero-order valence-corrected chi connectivity index (χ0v) is 4.85. The fourth-order valence-corrected chi connectivity index (χ4v) is 0.502. The van der Waals surface area contributed by atoms with Crippen molar-refractivity contribution in [2.45, 2.75) is 0 Å². The third-order valence-corrected chi connectivity index (χ3v) is 0.922. The minimum atomic E-state index is -0.759. The van der Waals surface area contributed by atoms with Crippen LogP contribution >= 0.6 is 0 Å². The summed E-state index contributed by atoms with van der Waals surface area (Å²) in [6.45, 7) is 0. The Labute approximate surface area is 55.7 Å². The Morgan fingerprint density at radius 3 is 2.90 bits per heavy atom. The summed E-state index contributed by atoms with van der Waals surface area (Å²) in [6, 6.07) is 0. The topological polar surface area (TPSA) is 104 Å². The van der Waals surface area contributed by atoms with E-state index >= 15 is 0 Å². The maximum Gasteiger partial charge on any atom is 0.368 e. The van der Waals surface area contributed by atoms with Crippen molar-refractivity contribution in [2.24, 2.45) is 15.9 Å². The van der Waals surface area contributed by atoms with E-state index in [9.17, 15) is 4.79 Å². The summed E-state index contributed by atoms with van der Waals surface area (Å²) in [7, 11) is 0. The van der Waals surface area contributed by atoms with E-state index in [1.165, 1.54) is 0 Å². The maximum absolute atomic E-state index is 10.4. The van der Waals surface area contributed by atoms with Crippen molar-refractivity contribution < 1.29 is 9.58 Å². The third kappa shape index (κ3) is 0.828. The third-order valence-electron chi connectivity index (χ3n) is 0.922. The molecule has 50 valence electrons. The highest BCUT2D eigenvalue weighted by molar-refractivity contribution is 6.77. The molecule has 6 nitrogen and oxygen atoms in total. The molecule has 10 heavy (non-hydrogen) atoms. The van der Waals surface area contributed by atoms with E-state index in [0.29, 0.717) is 0 Å². The summed E-state index contributed by atoms with van der Waals surface area (Å²) < 4.78 is 0. The summed E-state index contributed by atoms with van der Waals surface area (Å²) >= 11 is 0. The van der Waals surface area contributed by atoms with Gasteiger partial charge in [-0.25, -0.2) is 0 Å². The average Bonchev–Trinajstić information content (AvgIpc) is 2.33. The molecule has 0 unspecified atom stereocenters. The molecule has 0 atom stereocenters. The number of nitrogens with two attached hydrogens (primary N) is 1. The minimum Gasteiger partial charge on any atom is -0.364 e. The quantitative estimate of drug-likeness (QED) is 0.347. The van der Waals surface area contributed by atoms with Gasteiger partial charge in [0.25, 0.3) is 5.91 Å². The van der Waals surface area contributed by atoms with Gasteiger partial charge >= 0.3 is 5.71 Å². The van der Waals surface area contributed by atoms with Gasteiger partial charge < -0.3 is 11.3 Å². The van der Waals surface area contributed by atoms with Crippen molar-refractivity contribution in [1.82, 2.24) is 0 Å². The first-order chi connectivity index (χ1) is 4.75. The number of primary amides is 1. The highest BCUT2D eigenvalue weighted by Gasteiger charge is 2.24. The molecule has 0 aliphatic carbocycles.